The Bertz CT molecular complexity index is 405. The summed E-state index contributed by atoms with van der Waals surface area (Å²) in [5.74, 6) is 0.0550. The Hall–Kier alpha value is -1.77. The first-order valence-electron chi connectivity index (χ1n) is 6.95. The third-order valence-corrected chi connectivity index (χ3v) is 3.10. The topological polar surface area (TPSA) is 41.1 Å². The molecular formula is C16H24N2O. The number of amides is 1. The summed E-state index contributed by atoms with van der Waals surface area (Å²) in [6.45, 7) is 9.07. The molecule has 0 aliphatic carbocycles. The SMILES string of the molecule is C=CCNC(=O)CCNc1c(CC)cccc1CC. The van der Waals surface area contributed by atoms with Crippen LogP contribution in [0.4, 0.5) is 5.69 Å². The standard InChI is InChI=1S/C16H24N2O/c1-4-11-17-15(19)10-12-18-16-13(5-2)8-7-9-14(16)6-3/h4,7-9,18H,1,5-6,10-12H2,2-3H3,(H,17,19). The molecule has 0 heterocycles. The lowest BCUT2D eigenvalue weighted by Crippen LogP contribution is -2.25. The molecule has 0 fully saturated rings. The van der Waals surface area contributed by atoms with Crippen LogP contribution in [0.2, 0.25) is 0 Å². The van der Waals surface area contributed by atoms with Gasteiger partial charge in [-0.25, -0.2) is 0 Å². The molecule has 0 atom stereocenters. The van der Waals surface area contributed by atoms with E-state index in [1.807, 2.05) is 0 Å². The van der Waals surface area contributed by atoms with Crippen molar-refractivity contribution in [2.24, 2.45) is 0 Å². The third kappa shape index (κ3) is 4.78. The quantitative estimate of drug-likeness (QED) is 0.706. The van der Waals surface area contributed by atoms with Gasteiger partial charge in [-0.3, -0.25) is 4.79 Å². The van der Waals surface area contributed by atoms with Crippen molar-refractivity contribution in [2.45, 2.75) is 33.1 Å². The smallest absolute Gasteiger partial charge is 0.222 e. The van der Waals surface area contributed by atoms with Crippen molar-refractivity contribution in [1.82, 2.24) is 5.32 Å². The Morgan fingerprint density at radius 1 is 1.26 bits per heavy atom. The van der Waals surface area contributed by atoms with E-state index in [4.69, 9.17) is 0 Å². The van der Waals surface area contributed by atoms with Gasteiger partial charge in [0.15, 0.2) is 0 Å². The zero-order chi connectivity index (χ0) is 14.1. The number of carbonyl (C=O) groups excluding carboxylic acids is 1. The van der Waals surface area contributed by atoms with Crippen LogP contribution in [0.3, 0.4) is 0 Å². The number of anilines is 1. The molecule has 0 aliphatic heterocycles. The molecule has 0 spiro atoms. The second-order valence-corrected chi connectivity index (χ2v) is 4.43. The molecule has 0 unspecified atom stereocenters. The molecule has 3 heteroatoms. The summed E-state index contributed by atoms with van der Waals surface area (Å²) in [6, 6.07) is 6.37. The van der Waals surface area contributed by atoms with Gasteiger partial charge >= 0.3 is 0 Å². The number of hydrogen-bond acceptors (Lipinski definition) is 2. The van der Waals surface area contributed by atoms with Crippen LogP contribution in [0.1, 0.15) is 31.4 Å². The Balaban J connectivity index is 2.57. The number of benzene rings is 1. The molecule has 0 saturated heterocycles. The maximum absolute atomic E-state index is 11.5. The summed E-state index contributed by atoms with van der Waals surface area (Å²) >= 11 is 0. The van der Waals surface area contributed by atoms with Gasteiger partial charge in [-0.2, -0.15) is 0 Å². The molecule has 1 aromatic carbocycles. The van der Waals surface area contributed by atoms with E-state index in [-0.39, 0.29) is 5.91 Å². The van der Waals surface area contributed by atoms with E-state index in [9.17, 15) is 4.79 Å². The van der Waals surface area contributed by atoms with Crippen molar-refractivity contribution in [2.75, 3.05) is 18.4 Å². The number of rotatable bonds is 8. The molecule has 0 radical (unpaired) electrons. The predicted octanol–water partition coefficient (Wildman–Crippen LogP) is 2.92. The second kappa shape index (κ2) is 8.35. The van der Waals surface area contributed by atoms with E-state index in [0.29, 0.717) is 19.5 Å². The molecule has 1 amide bonds. The van der Waals surface area contributed by atoms with Gasteiger partial charge in [-0.05, 0) is 24.0 Å². The molecule has 0 bridgehead atoms. The molecule has 1 aromatic rings. The van der Waals surface area contributed by atoms with Gasteiger partial charge in [0.1, 0.15) is 0 Å². The van der Waals surface area contributed by atoms with E-state index < -0.39 is 0 Å². The maximum Gasteiger partial charge on any atom is 0.222 e. The first-order valence-corrected chi connectivity index (χ1v) is 6.95. The fourth-order valence-corrected chi connectivity index (χ4v) is 2.05. The Morgan fingerprint density at radius 2 is 1.89 bits per heavy atom. The third-order valence-electron chi connectivity index (χ3n) is 3.10. The molecule has 0 aromatic heterocycles. The van der Waals surface area contributed by atoms with Crippen LogP contribution in [0.5, 0.6) is 0 Å². The molecule has 19 heavy (non-hydrogen) atoms. The molecular weight excluding hydrogens is 236 g/mol. The van der Waals surface area contributed by atoms with Crippen LogP contribution >= 0.6 is 0 Å². The summed E-state index contributed by atoms with van der Waals surface area (Å²) in [6.07, 6.45) is 4.17. The highest BCUT2D eigenvalue weighted by Crippen LogP contribution is 2.22. The van der Waals surface area contributed by atoms with Gasteiger partial charge in [0, 0.05) is 25.2 Å². The van der Waals surface area contributed by atoms with Gasteiger partial charge in [0.2, 0.25) is 5.91 Å². The fraction of sp³-hybridized carbons (Fsp3) is 0.438. The van der Waals surface area contributed by atoms with Crippen LogP contribution in [-0.2, 0) is 17.6 Å². The number of nitrogens with one attached hydrogen (secondary N) is 2. The molecule has 0 saturated carbocycles. The van der Waals surface area contributed by atoms with Crippen molar-refractivity contribution in [3.63, 3.8) is 0 Å². The Labute approximate surface area is 116 Å². The lowest BCUT2D eigenvalue weighted by molar-refractivity contribution is -0.120. The van der Waals surface area contributed by atoms with E-state index >= 15 is 0 Å². The van der Waals surface area contributed by atoms with Gasteiger partial charge in [0.25, 0.3) is 0 Å². The van der Waals surface area contributed by atoms with Crippen molar-refractivity contribution in [1.29, 1.82) is 0 Å². The number of carbonyl (C=O) groups is 1. The molecule has 1 rings (SSSR count). The number of hydrogen-bond donors (Lipinski definition) is 2. The van der Waals surface area contributed by atoms with Crippen molar-refractivity contribution in [3.8, 4) is 0 Å². The van der Waals surface area contributed by atoms with E-state index in [2.05, 4.69) is 49.3 Å². The minimum absolute atomic E-state index is 0.0550. The van der Waals surface area contributed by atoms with Crippen molar-refractivity contribution in [3.05, 3.63) is 42.0 Å². The average Bonchev–Trinajstić information content (AvgIpc) is 2.45. The monoisotopic (exact) mass is 260 g/mol. The summed E-state index contributed by atoms with van der Waals surface area (Å²) in [4.78, 5) is 11.5. The summed E-state index contributed by atoms with van der Waals surface area (Å²) < 4.78 is 0. The van der Waals surface area contributed by atoms with E-state index in [1.165, 1.54) is 16.8 Å². The largest absolute Gasteiger partial charge is 0.384 e. The van der Waals surface area contributed by atoms with E-state index in [1.54, 1.807) is 6.08 Å². The number of aryl methyl sites for hydroxylation is 2. The lowest BCUT2D eigenvalue weighted by Gasteiger charge is -2.15. The van der Waals surface area contributed by atoms with Gasteiger partial charge < -0.3 is 10.6 Å². The fourth-order valence-electron chi connectivity index (χ4n) is 2.05. The van der Waals surface area contributed by atoms with Gasteiger partial charge in [0.05, 0.1) is 0 Å². The highest BCUT2D eigenvalue weighted by molar-refractivity contribution is 5.76. The molecule has 2 N–H and O–H groups in total. The average molecular weight is 260 g/mol. The van der Waals surface area contributed by atoms with Crippen LogP contribution in [0.15, 0.2) is 30.9 Å². The maximum atomic E-state index is 11.5. The van der Waals surface area contributed by atoms with Gasteiger partial charge in [-0.15, -0.1) is 6.58 Å². The first-order chi connectivity index (χ1) is 9.22. The summed E-state index contributed by atoms with van der Waals surface area (Å²) in [5, 5.41) is 6.18. The highest BCUT2D eigenvalue weighted by atomic mass is 16.1. The van der Waals surface area contributed by atoms with Crippen LogP contribution in [0.25, 0.3) is 0 Å². The zero-order valence-electron chi connectivity index (χ0n) is 12.0. The minimum Gasteiger partial charge on any atom is -0.384 e. The van der Waals surface area contributed by atoms with Crippen LogP contribution < -0.4 is 10.6 Å². The molecule has 3 nitrogen and oxygen atoms in total. The van der Waals surface area contributed by atoms with Gasteiger partial charge in [-0.1, -0.05) is 38.1 Å². The van der Waals surface area contributed by atoms with Crippen LogP contribution in [0, 0.1) is 0 Å². The summed E-state index contributed by atoms with van der Waals surface area (Å²) in [5.41, 5.74) is 3.82. The molecule has 104 valence electrons. The predicted molar refractivity (Wildman–Crippen MR) is 81.5 cm³/mol. The first kappa shape index (κ1) is 15.3. The van der Waals surface area contributed by atoms with E-state index in [0.717, 1.165) is 12.8 Å². The minimum atomic E-state index is 0.0550. The second-order valence-electron chi connectivity index (χ2n) is 4.43. The molecule has 0 aliphatic rings. The lowest BCUT2D eigenvalue weighted by atomic mass is 10.0. The normalized spacial score (nSPS) is 10.0. The zero-order valence-corrected chi connectivity index (χ0v) is 12.0. The van der Waals surface area contributed by atoms with Crippen LogP contribution in [-0.4, -0.2) is 19.0 Å². The Kier molecular flexibility index (Phi) is 6.72. The van der Waals surface area contributed by atoms with Crippen molar-refractivity contribution >= 4 is 11.6 Å². The summed E-state index contributed by atoms with van der Waals surface area (Å²) in [7, 11) is 0. The van der Waals surface area contributed by atoms with Crippen molar-refractivity contribution < 1.29 is 4.79 Å². The Morgan fingerprint density at radius 3 is 2.42 bits per heavy atom. The highest BCUT2D eigenvalue weighted by Gasteiger charge is 2.06. The number of para-hydroxylation sites is 1.